The quantitative estimate of drug-likeness (QED) is 0.446. The first-order valence-corrected chi connectivity index (χ1v) is 11.5. The number of amides is 3. The van der Waals surface area contributed by atoms with Crippen molar-refractivity contribution in [2.24, 2.45) is 11.8 Å². The van der Waals surface area contributed by atoms with Crippen LogP contribution in [0, 0.1) is 29.0 Å². The third-order valence-electron chi connectivity index (χ3n) is 6.45. The highest BCUT2D eigenvalue weighted by molar-refractivity contribution is 6.01. The molecule has 0 radical (unpaired) electrons. The average molecular weight is 470 g/mol. The van der Waals surface area contributed by atoms with Crippen molar-refractivity contribution in [3.8, 4) is 11.8 Å². The zero-order chi connectivity index (χ0) is 24.2. The van der Waals surface area contributed by atoms with Crippen LogP contribution in [0.1, 0.15) is 49.0 Å². The molecule has 180 valence electrons. The number of fused-ring (bicyclic) bond motifs is 1. The summed E-state index contributed by atoms with van der Waals surface area (Å²) in [5.41, 5.74) is 0.241. The summed E-state index contributed by atoms with van der Waals surface area (Å²) in [4.78, 5) is 40.8. The third-order valence-corrected chi connectivity index (χ3v) is 6.45. The van der Waals surface area contributed by atoms with Gasteiger partial charge in [0, 0.05) is 17.8 Å². The second kappa shape index (κ2) is 10.1. The molecule has 0 spiro atoms. The van der Waals surface area contributed by atoms with Gasteiger partial charge in [-0.1, -0.05) is 12.8 Å². The summed E-state index contributed by atoms with van der Waals surface area (Å²) in [6, 6.07) is 4.58. The van der Waals surface area contributed by atoms with E-state index >= 15 is 0 Å². The number of piperidine rings is 1. The van der Waals surface area contributed by atoms with Crippen LogP contribution in [0.3, 0.4) is 0 Å². The van der Waals surface area contributed by atoms with E-state index in [0.717, 1.165) is 19.3 Å². The predicted molar refractivity (Wildman–Crippen MR) is 121 cm³/mol. The minimum absolute atomic E-state index is 0.0997. The van der Waals surface area contributed by atoms with E-state index in [-0.39, 0.29) is 29.5 Å². The number of rotatable bonds is 9. The molecular weight excluding hydrogens is 441 g/mol. The number of nitriles is 1. The number of aromatic amines is 1. The minimum atomic E-state index is -0.853. The van der Waals surface area contributed by atoms with Crippen LogP contribution in [0.2, 0.25) is 0 Å². The van der Waals surface area contributed by atoms with Gasteiger partial charge in [-0.2, -0.15) is 5.26 Å². The number of ether oxygens (including phenoxy) is 1. The number of methoxy groups -OCH3 is 1. The monoisotopic (exact) mass is 469 g/mol. The molecule has 1 saturated carbocycles. The number of nitrogens with one attached hydrogen (secondary N) is 4. The molecule has 1 aliphatic carbocycles. The Morgan fingerprint density at radius 2 is 2.06 bits per heavy atom. The smallest absolute Gasteiger partial charge is 0.268 e. The Labute approximate surface area is 196 Å². The van der Waals surface area contributed by atoms with Gasteiger partial charge in [0.05, 0.1) is 18.7 Å². The van der Waals surface area contributed by atoms with Gasteiger partial charge in [0.2, 0.25) is 11.8 Å². The molecule has 1 aliphatic heterocycles. The summed E-state index contributed by atoms with van der Waals surface area (Å²) in [6.45, 7) is 0.623. The highest BCUT2D eigenvalue weighted by Gasteiger charge is 2.33. The lowest BCUT2D eigenvalue weighted by Crippen LogP contribution is -2.50. The van der Waals surface area contributed by atoms with Gasteiger partial charge in [-0.15, -0.1) is 0 Å². The summed E-state index contributed by atoms with van der Waals surface area (Å²) in [6.07, 6.45) is 4.11. The van der Waals surface area contributed by atoms with E-state index in [1.165, 1.54) is 25.3 Å². The van der Waals surface area contributed by atoms with Crippen LogP contribution in [0.25, 0.3) is 10.9 Å². The van der Waals surface area contributed by atoms with Gasteiger partial charge in [0.15, 0.2) is 0 Å². The number of carbonyl (C=O) groups excluding carboxylic acids is 3. The van der Waals surface area contributed by atoms with Crippen LogP contribution in [0.4, 0.5) is 4.39 Å². The highest BCUT2D eigenvalue weighted by Crippen LogP contribution is 2.34. The minimum Gasteiger partial charge on any atom is -0.496 e. The van der Waals surface area contributed by atoms with Gasteiger partial charge >= 0.3 is 0 Å². The Hall–Kier alpha value is -3.61. The number of nitrogens with zero attached hydrogens (tertiary/aromatic N) is 1. The largest absolute Gasteiger partial charge is 0.496 e. The van der Waals surface area contributed by atoms with E-state index in [0.29, 0.717) is 36.4 Å². The Kier molecular flexibility index (Phi) is 7.01. The lowest BCUT2D eigenvalue weighted by molar-refractivity contribution is -0.128. The Morgan fingerprint density at radius 1 is 1.26 bits per heavy atom. The van der Waals surface area contributed by atoms with Crippen LogP contribution >= 0.6 is 0 Å². The van der Waals surface area contributed by atoms with Gasteiger partial charge < -0.3 is 25.7 Å². The van der Waals surface area contributed by atoms with Crippen LogP contribution in [0.15, 0.2) is 18.2 Å². The van der Waals surface area contributed by atoms with Crippen molar-refractivity contribution < 1.29 is 23.5 Å². The van der Waals surface area contributed by atoms with E-state index in [2.05, 4.69) is 27.0 Å². The first-order chi connectivity index (χ1) is 16.4. The summed E-state index contributed by atoms with van der Waals surface area (Å²) < 4.78 is 19.5. The van der Waals surface area contributed by atoms with Gasteiger partial charge in [-0.25, -0.2) is 4.39 Å². The van der Waals surface area contributed by atoms with Crippen molar-refractivity contribution in [1.82, 2.24) is 20.9 Å². The van der Waals surface area contributed by atoms with E-state index in [9.17, 15) is 24.0 Å². The normalized spacial score (nSPS) is 19.6. The molecule has 3 amide bonds. The maximum absolute atomic E-state index is 14.2. The van der Waals surface area contributed by atoms with Crippen molar-refractivity contribution in [1.29, 1.82) is 5.26 Å². The third kappa shape index (κ3) is 5.30. The molecule has 34 heavy (non-hydrogen) atoms. The predicted octanol–water partition coefficient (Wildman–Crippen LogP) is 2.14. The SMILES string of the molecule is COc1ccc(F)c2[nH]c(C(=O)NC(CC3CC3)C(=O)NC(C#N)C[C@@H]3CCCNC3=O)cc12. The molecular formula is C24H28FN5O4. The van der Waals surface area contributed by atoms with E-state index in [1.54, 1.807) is 0 Å². The number of aromatic nitrogens is 1. The molecule has 2 fully saturated rings. The summed E-state index contributed by atoms with van der Waals surface area (Å²) in [7, 11) is 1.46. The molecule has 2 aromatic rings. The topological polar surface area (TPSA) is 136 Å². The zero-order valence-corrected chi connectivity index (χ0v) is 18.9. The van der Waals surface area contributed by atoms with E-state index in [1.807, 2.05) is 0 Å². The maximum Gasteiger partial charge on any atom is 0.268 e. The van der Waals surface area contributed by atoms with Gasteiger partial charge in [0.1, 0.15) is 29.3 Å². The van der Waals surface area contributed by atoms with Crippen molar-refractivity contribution in [2.75, 3.05) is 13.7 Å². The van der Waals surface area contributed by atoms with Crippen molar-refractivity contribution in [3.63, 3.8) is 0 Å². The number of halogens is 1. The standard InChI is InChI=1S/C24H28FN5O4/c1-34-20-7-6-17(25)21-16(20)11-19(29-21)24(33)30-18(9-13-4-5-13)23(32)28-15(12-26)10-14-3-2-8-27-22(14)31/h6-7,11,13-15,18,29H,2-5,8-10H2,1H3,(H,27,31)(H,28,32)(H,30,33)/t14-,15?,18?/m0/s1. The molecule has 3 atom stereocenters. The molecule has 1 saturated heterocycles. The van der Waals surface area contributed by atoms with Crippen LogP contribution < -0.4 is 20.7 Å². The maximum atomic E-state index is 14.2. The first-order valence-electron chi connectivity index (χ1n) is 11.5. The van der Waals surface area contributed by atoms with Crippen LogP contribution in [-0.2, 0) is 9.59 Å². The number of H-pyrrole nitrogens is 1. The summed E-state index contributed by atoms with van der Waals surface area (Å²) >= 11 is 0. The molecule has 1 aromatic carbocycles. The fraction of sp³-hybridized carbons (Fsp3) is 0.500. The molecule has 9 nitrogen and oxygen atoms in total. The van der Waals surface area contributed by atoms with Gasteiger partial charge in [-0.05, 0) is 49.8 Å². The fourth-order valence-electron chi connectivity index (χ4n) is 4.38. The summed E-state index contributed by atoms with van der Waals surface area (Å²) in [5.74, 6) is -1.24. The van der Waals surface area contributed by atoms with Gasteiger partial charge in [-0.3, -0.25) is 14.4 Å². The number of hydrogen-bond acceptors (Lipinski definition) is 5. The number of hydrogen-bond donors (Lipinski definition) is 4. The first kappa shape index (κ1) is 23.5. The molecule has 4 N–H and O–H groups in total. The van der Waals surface area contributed by atoms with Crippen molar-refractivity contribution in [3.05, 3.63) is 29.7 Å². The average Bonchev–Trinajstić information content (AvgIpc) is 3.53. The van der Waals surface area contributed by atoms with Crippen LogP contribution in [-0.4, -0.2) is 48.4 Å². The molecule has 4 rings (SSSR count). The Bertz CT molecular complexity index is 1140. The second-order valence-corrected chi connectivity index (χ2v) is 8.98. The number of carbonyl (C=O) groups is 3. The molecule has 2 aliphatic rings. The van der Waals surface area contributed by atoms with E-state index < -0.39 is 29.7 Å². The molecule has 1 aromatic heterocycles. The Balaban J connectivity index is 1.46. The molecule has 2 unspecified atom stereocenters. The van der Waals surface area contributed by atoms with Crippen molar-refractivity contribution >= 4 is 28.6 Å². The fourth-order valence-corrected chi connectivity index (χ4v) is 4.38. The molecule has 10 heteroatoms. The molecule has 0 bridgehead atoms. The van der Waals surface area contributed by atoms with Crippen molar-refractivity contribution in [2.45, 2.75) is 50.6 Å². The number of benzene rings is 1. The van der Waals surface area contributed by atoms with Gasteiger partial charge in [0.25, 0.3) is 5.91 Å². The highest BCUT2D eigenvalue weighted by atomic mass is 19.1. The lowest BCUT2D eigenvalue weighted by atomic mass is 9.92. The lowest BCUT2D eigenvalue weighted by Gasteiger charge is -2.25. The second-order valence-electron chi connectivity index (χ2n) is 8.98. The zero-order valence-electron chi connectivity index (χ0n) is 18.9. The summed E-state index contributed by atoms with van der Waals surface area (Å²) in [5, 5.41) is 18.2. The molecule has 2 heterocycles. The van der Waals surface area contributed by atoms with Crippen LogP contribution in [0.5, 0.6) is 5.75 Å². The van der Waals surface area contributed by atoms with E-state index in [4.69, 9.17) is 4.74 Å². The Morgan fingerprint density at radius 3 is 2.74 bits per heavy atom.